The first-order chi connectivity index (χ1) is 11.2. The molecule has 130 valence electrons. The van der Waals surface area contributed by atoms with Crippen molar-refractivity contribution in [2.45, 2.75) is 39.7 Å². The molecule has 0 atom stereocenters. The average Bonchev–Trinajstić information content (AvgIpc) is 2.74. The maximum Gasteiger partial charge on any atom is 0.413 e. The van der Waals surface area contributed by atoms with Gasteiger partial charge in [-0.3, -0.25) is 14.5 Å². The van der Waals surface area contributed by atoms with Crippen molar-refractivity contribution >= 4 is 39.5 Å². The Hall–Kier alpha value is -2.09. The Morgan fingerprint density at radius 2 is 2.04 bits per heavy atom. The van der Waals surface area contributed by atoms with E-state index in [2.05, 4.69) is 26.2 Å². The molecule has 0 saturated heterocycles. The molecular weight excluding hydrogens is 378 g/mol. The van der Waals surface area contributed by atoms with Crippen molar-refractivity contribution in [1.29, 1.82) is 0 Å². The van der Waals surface area contributed by atoms with E-state index in [-0.39, 0.29) is 13.0 Å². The summed E-state index contributed by atoms with van der Waals surface area (Å²) >= 11 is 3.38. The van der Waals surface area contributed by atoms with Crippen LogP contribution in [-0.2, 0) is 20.7 Å². The number of amides is 1. The van der Waals surface area contributed by atoms with Gasteiger partial charge in [0.1, 0.15) is 17.1 Å². The van der Waals surface area contributed by atoms with E-state index in [1.165, 1.54) is 0 Å². The molecule has 0 radical (unpaired) electrons. The Morgan fingerprint density at radius 1 is 1.33 bits per heavy atom. The van der Waals surface area contributed by atoms with Crippen LogP contribution in [0.25, 0.3) is 5.65 Å². The molecule has 0 aliphatic heterocycles. The van der Waals surface area contributed by atoms with Gasteiger partial charge in [0.2, 0.25) is 0 Å². The van der Waals surface area contributed by atoms with E-state index in [1.54, 1.807) is 44.4 Å². The molecule has 2 heterocycles. The third-order valence-corrected chi connectivity index (χ3v) is 3.36. The Morgan fingerprint density at radius 3 is 2.67 bits per heavy atom. The molecule has 0 aromatic carbocycles. The summed E-state index contributed by atoms with van der Waals surface area (Å²) in [6, 6.07) is 3.60. The predicted molar refractivity (Wildman–Crippen MR) is 93.1 cm³/mol. The number of esters is 1. The number of anilines is 1. The second kappa shape index (κ2) is 7.21. The van der Waals surface area contributed by atoms with Gasteiger partial charge in [-0.15, -0.1) is 0 Å². The van der Waals surface area contributed by atoms with Crippen molar-refractivity contribution < 1.29 is 19.1 Å². The fourth-order valence-corrected chi connectivity index (χ4v) is 2.41. The maximum absolute atomic E-state index is 12.1. The third-order valence-electron chi connectivity index (χ3n) is 2.89. The SMILES string of the molecule is CCOC(=O)Cc1nc2ccc(Br)cn2c1NC(=O)OC(C)(C)C. The highest BCUT2D eigenvalue weighted by Gasteiger charge is 2.21. The van der Waals surface area contributed by atoms with Gasteiger partial charge in [0.05, 0.1) is 18.7 Å². The number of hydrogen-bond donors (Lipinski definition) is 1. The molecule has 0 aliphatic rings. The number of rotatable bonds is 4. The number of hydrogen-bond acceptors (Lipinski definition) is 5. The fraction of sp³-hybridized carbons (Fsp3) is 0.438. The van der Waals surface area contributed by atoms with Gasteiger partial charge in [-0.1, -0.05) is 0 Å². The summed E-state index contributed by atoms with van der Waals surface area (Å²) in [7, 11) is 0. The molecule has 0 spiro atoms. The van der Waals surface area contributed by atoms with Crippen LogP contribution in [0.15, 0.2) is 22.8 Å². The number of ether oxygens (including phenoxy) is 2. The molecule has 24 heavy (non-hydrogen) atoms. The second-order valence-electron chi connectivity index (χ2n) is 6.09. The quantitative estimate of drug-likeness (QED) is 0.797. The van der Waals surface area contributed by atoms with Crippen LogP contribution in [0.2, 0.25) is 0 Å². The van der Waals surface area contributed by atoms with E-state index >= 15 is 0 Å². The van der Waals surface area contributed by atoms with E-state index in [0.29, 0.717) is 17.2 Å². The highest BCUT2D eigenvalue weighted by atomic mass is 79.9. The Bertz CT molecular complexity index is 765. The lowest BCUT2D eigenvalue weighted by atomic mass is 10.2. The lowest BCUT2D eigenvalue weighted by molar-refractivity contribution is -0.142. The van der Waals surface area contributed by atoms with Gasteiger partial charge in [0, 0.05) is 10.7 Å². The number of fused-ring (bicyclic) bond motifs is 1. The van der Waals surface area contributed by atoms with E-state index in [9.17, 15) is 9.59 Å². The van der Waals surface area contributed by atoms with Crippen molar-refractivity contribution in [2.24, 2.45) is 0 Å². The van der Waals surface area contributed by atoms with E-state index in [1.807, 2.05) is 6.07 Å². The number of imidazole rings is 1. The molecule has 1 N–H and O–H groups in total. The minimum Gasteiger partial charge on any atom is -0.466 e. The van der Waals surface area contributed by atoms with E-state index < -0.39 is 17.7 Å². The Balaban J connectivity index is 2.37. The molecule has 7 nitrogen and oxygen atoms in total. The number of nitrogens with zero attached hydrogens (tertiary/aromatic N) is 2. The molecule has 2 aromatic heterocycles. The largest absolute Gasteiger partial charge is 0.466 e. The molecule has 0 saturated carbocycles. The summed E-state index contributed by atoms with van der Waals surface area (Å²) in [4.78, 5) is 28.3. The zero-order chi connectivity index (χ0) is 17.9. The van der Waals surface area contributed by atoms with E-state index in [0.717, 1.165) is 4.47 Å². The van der Waals surface area contributed by atoms with Crippen LogP contribution < -0.4 is 5.32 Å². The monoisotopic (exact) mass is 397 g/mol. The summed E-state index contributed by atoms with van der Waals surface area (Å²) in [5.41, 5.74) is 0.382. The van der Waals surface area contributed by atoms with Crippen LogP contribution in [0.4, 0.5) is 10.6 Å². The van der Waals surface area contributed by atoms with Gasteiger partial charge >= 0.3 is 12.1 Å². The smallest absolute Gasteiger partial charge is 0.413 e. The fourth-order valence-electron chi connectivity index (χ4n) is 2.07. The topological polar surface area (TPSA) is 81.9 Å². The number of aromatic nitrogens is 2. The first-order valence-electron chi connectivity index (χ1n) is 7.51. The Labute approximate surface area is 148 Å². The van der Waals surface area contributed by atoms with Gasteiger partial charge < -0.3 is 9.47 Å². The molecule has 2 rings (SSSR count). The van der Waals surface area contributed by atoms with Crippen LogP contribution in [-0.4, -0.2) is 33.7 Å². The molecule has 0 bridgehead atoms. The van der Waals surface area contributed by atoms with Crippen LogP contribution >= 0.6 is 15.9 Å². The van der Waals surface area contributed by atoms with Crippen molar-refractivity contribution in [3.8, 4) is 0 Å². The maximum atomic E-state index is 12.1. The summed E-state index contributed by atoms with van der Waals surface area (Å²) in [5.74, 6) is -0.0270. The van der Waals surface area contributed by atoms with Crippen molar-refractivity contribution in [1.82, 2.24) is 9.38 Å². The minimum absolute atomic E-state index is 0.0434. The normalized spacial score (nSPS) is 11.4. The van der Waals surface area contributed by atoms with Gasteiger partial charge in [0.25, 0.3) is 0 Å². The second-order valence-corrected chi connectivity index (χ2v) is 7.01. The van der Waals surface area contributed by atoms with Crippen molar-refractivity contribution in [3.05, 3.63) is 28.5 Å². The summed E-state index contributed by atoms with van der Waals surface area (Å²) in [5, 5.41) is 2.68. The number of nitrogens with one attached hydrogen (secondary N) is 1. The van der Waals surface area contributed by atoms with Crippen LogP contribution in [0.3, 0.4) is 0 Å². The summed E-state index contributed by atoms with van der Waals surface area (Å²) < 4.78 is 12.7. The number of carbonyl (C=O) groups excluding carboxylic acids is 2. The lowest BCUT2D eigenvalue weighted by Gasteiger charge is -2.19. The third kappa shape index (κ3) is 4.70. The van der Waals surface area contributed by atoms with Gasteiger partial charge in [0.15, 0.2) is 0 Å². The standard InChI is InChI=1S/C16H20BrN3O4/c1-5-23-13(21)8-11-14(19-15(22)24-16(2,3)4)20-9-10(17)6-7-12(20)18-11/h6-7,9H,5,8H2,1-4H3,(H,19,22). The van der Waals surface area contributed by atoms with Gasteiger partial charge in [-0.2, -0.15) is 0 Å². The molecule has 1 amide bonds. The lowest BCUT2D eigenvalue weighted by Crippen LogP contribution is -2.28. The summed E-state index contributed by atoms with van der Waals surface area (Å²) in [6.45, 7) is 7.34. The van der Waals surface area contributed by atoms with Gasteiger partial charge in [-0.25, -0.2) is 9.78 Å². The Kier molecular flexibility index (Phi) is 5.48. The summed E-state index contributed by atoms with van der Waals surface area (Å²) in [6.07, 6.45) is 1.09. The van der Waals surface area contributed by atoms with Crippen LogP contribution in [0.5, 0.6) is 0 Å². The predicted octanol–water partition coefficient (Wildman–Crippen LogP) is 3.55. The molecule has 0 aliphatic carbocycles. The molecular formula is C16H20BrN3O4. The first-order valence-corrected chi connectivity index (χ1v) is 8.31. The zero-order valence-electron chi connectivity index (χ0n) is 14.1. The van der Waals surface area contributed by atoms with Gasteiger partial charge in [-0.05, 0) is 55.8 Å². The molecule has 0 unspecified atom stereocenters. The average molecular weight is 398 g/mol. The number of halogens is 1. The van der Waals surface area contributed by atoms with E-state index in [4.69, 9.17) is 9.47 Å². The zero-order valence-corrected chi connectivity index (χ0v) is 15.6. The first kappa shape index (κ1) is 18.3. The van der Waals surface area contributed by atoms with Crippen molar-refractivity contribution in [2.75, 3.05) is 11.9 Å². The molecule has 0 fully saturated rings. The van der Waals surface area contributed by atoms with Crippen LogP contribution in [0.1, 0.15) is 33.4 Å². The molecule has 8 heteroatoms. The number of carbonyl (C=O) groups is 2. The highest BCUT2D eigenvalue weighted by molar-refractivity contribution is 9.10. The minimum atomic E-state index is -0.632. The number of pyridine rings is 1. The van der Waals surface area contributed by atoms with Crippen molar-refractivity contribution in [3.63, 3.8) is 0 Å². The highest BCUT2D eigenvalue weighted by Crippen LogP contribution is 2.23. The van der Waals surface area contributed by atoms with Crippen LogP contribution in [0, 0.1) is 0 Å². The molecule has 2 aromatic rings.